The molecule has 0 saturated carbocycles. The van der Waals surface area contributed by atoms with Crippen LogP contribution in [0, 0.1) is 0 Å². The zero-order valence-electron chi connectivity index (χ0n) is 10.3. The summed E-state index contributed by atoms with van der Waals surface area (Å²) in [5, 5.41) is 5.72. The fraction of sp³-hybridized carbons (Fsp3) is 0.273. The van der Waals surface area contributed by atoms with Crippen molar-refractivity contribution >= 4 is 11.9 Å². The molecule has 0 radical (unpaired) electrons. The van der Waals surface area contributed by atoms with Crippen LogP contribution < -0.4 is 5.32 Å². The number of alkyl halides is 3. The van der Waals surface area contributed by atoms with Crippen LogP contribution in [-0.2, 0) is 11.0 Å². The van der Waals surface area contributed by atoms with Crippen LogP contribution >= 0.6 is 0 Å². The number of amides is 1. The second-order valence-corrected chi connectivity index (χ2v) is 3.92. The lowest BCUT2D eigenvalue weighted by atomic mass is 10.3. The van der Waals surface area contributed by atoms with Crippen molar-refractivity contribution in [3.05, 3.63) is 36.4 Å². The zero-order valence-corrected chi connectivity index (χ0v) is 10.3. The van der Waals surface area contributed by atoms with Gasteiger partial charge in [-0.3, -0.25) is 14.8 Å². The number of nitrogens with zero attached hydrogens (tertiary/aromatic N) is 4. The summed E-state index contributed by atoms with van der Waals surface area (Å²) in [6.07, 6.45) is -0.575. The number of nitrogens with one attached hydrogen (secondary N) is 1. The van der Waals surface area contributed by atoms with Crippen molar-refractivity contribution in [2.24, 2.45) is 0 Å². The smallest absolute Gasteiger partial charge is 0.293 e. The predicted octanol–water partition coefficient (Wildman–Crippen LogP) is 1.89. The molecule has 2 aromatic heterocycles. The molecule has 106 valence electrons. The third-order valence-corrected chi connectivity index (χ3v) is 2.48. The van der Waals surface area contributed by atoms with Crippen molar-refractivity contribution in [1.29, 1.82) is 0 Å². The molecule has 0 spiro atoms. The summed E-state index contributed by atoms with van der Waals surface area (Å²) < 4.78 is 38.2. The molecule has 0 aliphatic rings. The molecule has 9 heteroatoms. The van der Waals surface area contributed by atoms with Gasteiger partial charge in [0, 0.05) is 18.6 Å². The van der Waals surface area contributed by atoms with Crippen LogP contribution in [0.1, 0.15) is 18.7 Å². The maximum atomic E-state index is 12.4. The third-order valence-electron chi connectivity index (χ3n) is 2.48. The first kappa shape index (κ1) is 14.0. The second kappa shape index (κ2) is 5.27. The molecule has 2 rings (SSSR count). The van der Waals surface area contributed by atoms with Gasteiger partial charge in [-0.2, -0.15) is 18.3 Å². The molecule has 2 aromatic rings. The minimum absolute atomic E-state index is 0.0764. The van der Waals surface area contributed by atoms with Crippen LogP contribution in [0.5, 0.6) is 0 Å². The first-order valence-electron chi connectivity index (χ1n) is 5.58. The van der Waals surface area contributed by atoms with Crippen molar-refractivity contribution in [3.63, 3.8) is 0 Å². The maximum Gasteiger partial charge on any atom is 0.435 e. The van der Waals surface area contributed by atoms with E-state index in [4.69, 9.17) is 0 Å². The molecule has 20 heavy (non-hydrogen) atoms. The van der Waals surface area contributed by atoms with Gasteiger partial charge in [0.2, 0.25) is 5.95 Å². The Kier molecular flexibility index (Phi) is 3.68. The SMILES string of the molecule is CC(C(=O)Nc1ncccn1)n1ccc(C(F)(F)F)n1. The van der Waals surface area contributed by atoms with Crippen LogP contribution in [0.15, 0.2) is 30.7 Å². The Labute approximate surface area is 111 Å². The van der Waals surface area contributed by atoms with Gasteiger partial charge in [-0.25, -0.2) is 9.97 Å². The molecule has 6 nitrogen and oxygen atoms in total. The van der Waals surface area contributed by atoms with E-state index in [0.717, 1.165) is 16.9 Å². The average molecular weight is 285 g/mol. The number of hydrogen-bond acceptors (Lipinski definition) is 4. The maximum absolute atomic E-state index is 12.4. The van der Waals surface area contributed by atoms with Crippen molar-refractivity contribution in [2.75, 3.05) is 5.32 Å². The quantitative estimate of drug-likeness (QED) is 0.934. The molecule has 1 unspecified atom stereocenters. The molecule has 0 aliphatic heterocycles. The Morgan fingerprint density at radius 1 is 1.35 bits per heavy atom. The molecule has 0 aliphatic carbocycles. The molecule has 0 bridgehead atoms. The topological polar surface area (TPSA) is 72.7 Å². The number of rotatable bonds is 3. The Morgan fingerprint density at radius 3 is 2.55 bits per heavy atom. The summed E-state index contributed by atoms with van der Waals surface area (Å²) in [6.45, 7) is 1.42. The van der Waals surface area contributed by atoms with Gasteiger partial charge in [-0.05, 0) is 19.1 Å². The largest absolute Gasteiger partial charge is 0.435 e. The summed E-state index contributed by atoms with van der Waals surface area (Å²) in [5.74, 6) is -0.486. The lowest BCUT2D eigenvalue weighted by molar-refractivity contribution is -0.141. The van der Waals surface area contributed by atoms with Crippen LogP contribution in [0.3, 0.4) is 0 Å². The van der Waals surface area contributed by atoms with Gasteiger partial charge in [-0.15, -0.1) is 0 Å². The van der Waals surface area contributed by atoms with E-state index in [9.17, 15) is 18.0 Å². The van der Waals surface area contributed by atoms with Gasteiger partial charge in [0.05, 0.1) is 0 Å². The first-order valence-corrected chi connectivity index (χ1v) is 5.58. The molecule has 1 atom stereocenters. The number of aromatic nitrogens is 4. The van der Waals surface area contributed by atoms with Crippen molar-refractivity contribution < 1.29 is 18.0 Å². The van der Waals surface area contributed by atoms with E-state index in [0.29, 0.717) is 0 Å². The summed E-state index contributed by atoms with van der Waals surface area (Å²) in [7, 11) is 0. The lowest BCUT2D eigenvalue weighted by Gasteiger charge is -2.11. The third kappa shape index (κ3) is 3.11. The molecular weight excluding hydrogens is 275 g/mol. The Hall–Kier alpha value is -2.45. The summed E-state index contributed by atoms with van der Waals surface area (Å²) >= 11 is 0. The molecule has 1 N–H and O–H groups in total. The highest BCUT2D eigenvalue weighted by atomic mass is 19.4. The van der Waals surface area contributed by atoms with Crippen LogP contribution in [0.2, 0.25) is 0 Å². The molecule has 2 heterocycles. The second-order valence-electron chi connectivity index (χ2n) is 3.92. The minimum atomic E-state index is -4.54. The van der Waals surface area contributed by atoms with Crippen LogP contribution in [0.25, 0.3) is 0 Å². The van der Waals surface area contributed by atoms with E-state index in [2.05, 4.69) is 20.4 Å². The number of anilines is 1. The molecular formula is C11H10F3N5O. The predicted molar refractivity (Wildman–Crippen MR) is 62.6 cm³/mol. The molecule has 0 aromatic carbocycles. The monoisotopic (exact) mass is 285 g/mol. The highest BCUT2D eigenvalue weighted by Gasteiger charge is 2.34. The van der Waals surface area contributed by atoms with E-state index < -0.39 is 23.8 Å². The first-order chi connectivity index (χ1) is 9.38. The number of halogens is 3. The van der Waals surface area contributed by atoms with Crippen molar-refractivity contribution in [1.82, 2.24) is 19.7 Å². The summed E-state index contributed by atoms with van der Waals surface area (Å²) in [6, 6.07) is 1.46. The van der Waals surface area contributed by atoms with E-state index in [1.165, 1.54) is 19.3 Å². The van der Waals surface area contributed by atoms with Gasteiger partial charge in [-0.1, -0.05) is 0 Å². The van der Waals surface area contributed by atoms with Crippen LogP contribution in [-0.4, -0.2) is 25.7 Å². The fourth-order valence-corrected chi connectivity index (χ4v) is 1.40. The van der Waals surface area contributed by atoms with Gasteiger partial charge >= 0.3 is 6.18 Å². The fourth-order valence-electron chi connectivity index (χ4n) is 1.40. The average Bonchev–Trinajstić information content (AvgIpc) is 2.88. The van der Waals surface area contributed by atoms with E-state index >= 15 is 0 Å². The number of hydrogen-bond donors (Lipinski definition) is 1. The van der Waals surface area contributed by atoms with Gasteiger partial charge in [0.25, 0.3) is 5.91 Å². The van der Waals surface area contributed by atoms with E-state index in [1.54, 1.807) is 6.07 Å². The zero-order chi connectivity index (χ0) is 14.8. The molecule has 0 saturated heterocycles. The van der Waals surface area contributed by atoms with E-state index in [1.807, 2.05) is 0 Å². The molecule has 0 fully saturated rings. The van der Waals surface area contributed by atoms with Crippen LogP contribution in [0.4, 0.5) is 19.1 Å². The summed E-state index contributed by atoms with van der Waals surface area (Å²) in [4.78, 5) is 19.4. The Balaban J connectivity index is 2.09. The lowest BCUT2D eigenvalue weighted by Crippen LogP contribution is -2.25. The highest BCUT2D eigenvalue weighted by Crippen LogP contribution is 2.27. The van der Waals surface area contributed by atoms with Crippen molar-refractivity contribution in [2.45, 2.75) is 19.1 Å². The number of carbonyl (C=O) groups excluding carboxylic acids is 1. The molecule has 1 amide bonds. The normalized spacial score (nSPS) is 13.0. The Bertz CT molecular complexity index is 596. The van der Waals surface area contributed by atoms with Crippen molar-refractivity contribution in [3.8, 4) is 0 Å². The minimum Gasteiger partial charge on any atom is -0.293 e. The summed E-state index contributed by atoms with van der Waals surface area (Å²) in [5.41, 5.74) is -1.05. The standard InChI is InChI=1S/C11H10F3N5O/c1-7(9(20)17-10-15-4-2-5-16-10)19-6-3-8(18-19)11(12,13)14/h2-7H,1H3,(H,15,16,17,20). The van der Waals surface area contributed by atoms with Gasteiger partial charge in [0.1, 0.15) is 6.04 Å². The number of carbonyl (C=O) groups is 1. The van der Waals surface area contributed by atoms with Gasteiger partial charge in [0.15, 0.2) is 5.69 Å². The highest BCUT2D eigenvalue weighted by molar-refractivity contribution is 5.91. The van der Waals surface area contributed by atoms with E-state index in [-0.39, 0.29) is 5.95 Å². The Morgan fingerprint density at radius 2 is 2.00 bits per heavy atom. The van der Waals surface area contributed by atoms with Gasteiger partial charge < -0.3 is 0 Å².